The topological polar surface area (TPSA) is 133 Å². The van der Waals surface area contributed by atoms with Gasteiger partial charge < -0.3 is 20.3 Å². The summed E-state index contributed by atoms with van der Waals surface area (Å²) >= 11 is 0. The number of carbonyl (C=O) groups is 4. The third kappa shape index (κ3) is 16.6. The zero-order valence-corrected chi connectivity index (χ0v) is 44.6. The van der Waals surface area contributed by atoms with E-state index in [0.29, 0.717) is 82.0 Å². The maximum atomic E-state index is 13.3. The molecule has 0 radical (unpaired) electrons. The van der Waals surface area contributed by atoms with Crippen molar-refractivity contribution in [3.8, 4) is 11.5 Å². The molecule has 0 atom stereocenters. The van der Waals surface area contributed by atoms with Crippen molar-refractivity contribution in [3.63, 3.8) is 0 Å². The minimum absolute atomic E-state index is 0.0388. The molecule has 0 fully saturated rings. The molecule has 8 nitrogen and oxygen atoms in total. The van der Waals surface area contributed by atoms with E-state index in [-0.39, 0.29) is 78.4 Å². The maximum absolute atomic E-state index is 13.3. The molecule has 0 aromatic heterocycles. The van der Waals surface area contributed by atoms with Gasteiger partial charge in [-0.15, -0.1) is 0 Å². The number of fused-ring (bicyclic) bond motifs is 2. The Hall–Kier alpha value is -9.53. The zero-order chi connectivity index (χ0) is 62.3. The number of carbonyl (C=O) groups excluding carboxylic acids is 3. The van der Waals surface area contributed by atoms with Gasteiger partial charge in [-0.3, -0.25) is 14.4 Å². The number of aryl methyl sites for hydroxylation is 2. The molecule has 2 aliphatic rings. The van der Waals surface area contributed by atoms with E-state index in [0.717, 1.165) is 34.9 Å². The van der Waals surface area contributed by atoms with Crippen LogP contribution in [0, 0.1) is 5.82 Å². The lowest BCUT2D eigenvalue weighted by Crippen LogP contribution is -2.15. The summed E-state index contributed by atoms with van der Waals surface area (Å²) in [6, 6.07) is 30.2. The number of ether oxygens (including phenoxy) is 2. The Morgan fingerprint density at radius 3 is 1.24 bits per heavy atom. The molecule has 7 aromatic carbocycles. The van der Waals surface area contributed by atoms with Crippen LogP contribution in [0.5, 0.6) is 11.5 Å². The number of hydrogen-bond acceptors (Lipinski definition) is 7. The lowest BCUT2D eigenvalue weighted by atomic mass is 9.85. The normalized spacial score (nSPS) is 14.7. The van der Waals surface area contributed by atoms with Crippen molar-refractivity contribution >= 4 is 53.3 Å². The molecular weight excluding hydrogens is 1150 g/mol. The highest BCUT2D eigenvalue weighted by atomic mass is 19.4. The number of benzene rings is 7. The van der Waals surface area contributed by atoms with E-state index in [2.05, 4.69) is 0 Å². The monoisotopic (exact) mass is 1200 g/mol. The highest BCUT2D eigenvalue weighted by molar-refractivity contribution is 6.14. The number of halogens is 13. The first-order valence-corrected chi connectivity index (χ1v) is 25.9. The number of anilines is 1. The second-order valence-corrected chi connectivity index (χ2v) is 19.9. The number of alkyl halides is 12. The van der Waals surface area contributed by atoms with Gasteiger partial charge in [0, 0.05) is 40.5 Å². The second-order valence-electron chi connectivity index (χ2n) is 19.9. The van der Waals surface area contributed by atoms with Crippen LogP contribution in [0.1, 0.15) is 106 Å². The molecule has 0 aliphatic heterocycles. The first kappa shape index (κ1) is 62.5. The largest absolute Gasteiger partial charge is 0.489 e. The van der Waals surface area contributed by atoms with Crippen LogP contribution in [0.15, 0.2) is 163 Å². The number of nitrogens with two attached hydrogens (primary N) is 1. The Labute approximate surface area is 482 Å². The van der Waals surface area contributed by atoms with Crippen molar-refractivity contribution in [2.45, 2.75) is 70.0 Å². The summed E-state index contributed by atoms with van der Waals surface area (Å²) in [5.74, 6) is -1.72. The molecular formula is C65H46F13NO7. The Balaban J connectivity index is 0.000000227. The fourth-order valence-corrected chi connectivity index (χ4v) is 9.20. The highest BCUT2D eigenvalue weighted by Crippen LogP contribution is 2.40. The summed E-state index contributed by atoms with van der Waals surface area (Å²) in [6.45, 7) is 0.402. The van der Waals surface area contributed by atoms with Gasteiger partial charge in [-0.25, -0.2) is 9.18 Å². The van der Waals surface area contributed by atoms with E-state index >= 15 is 0 Å². The van der Waals surface area contributed by atoms with Crippen LogP contribution in [0.2, 0.25) is 0 Å². The quantitative estimate of drug-likeness (QED) is 0.0625. The summed E-state index contributed by atoms with van der Waals surface area (Å²) in [5.41, 5.74) is 5.26. The molecule has 444 valence electrons. The fourth-order valence-electron chi connectivity index (χ4n) is 9.20. The molecule has 2 aliphatic carbocycles. The smallest absolute Gasteiger partial charge is 0.416 e. The molecule has 0 amide bonds. The number of carboxylic acids is 1. The summed E-state index contributed by atoms with van der Waals surface area (Å²) < 4.78 is 184. The third-order valence-corrected chi connectivity index (χ3v) is 13.6. The van der Waals surface area contributed by atoms with Crippen LogP contribution in [0.25, 0.3) is 24.3 Å². The van der Waals surface area contributed by atoms with Gasteiger partial charge in [-0.2, -0.15) is 52.7 Å². The number of rotatable bonds is 14. The molecule has 0 bridgehead atoms. The minimum atomic E-state index is -4.99. The van der Waals surface area contributed by atoms with E-state index in [4.69, 9.17) is 20.3 Å². The van der Waals surface area contributed by atoms with Gasteiger partial charge in [0.25, 0.3) is 0 Å². The Morgan fingerprint density at radius 2 is 0.872 bits per heavy atom. The SMILES string of the molecule is Nc1cc(F)ccc1CC(=O)/C=C/c1ccc(COc2ccc3c(c2)CC/C(=C\c2cc(C(F)(F)F)cc(C(F)(F)F)c2)C3=O)cc1.O=C(O)/C=C/c1ccc(COc2ccc3c(c2)CC/C(=C\c2cc(C(F)(F)F)cc(C(F)(F)F)c2)C3=O)cc1. The lowest BCUT2D eigenvalue weighted by Gasteiger charge is -2.19. The fraction of sp³-hybridized carbons (Fsp3) is 0.169. The summed E-state index contributed by atoms with van der Waals surface area (Å²) in [6.07, 6.45) is -11.2. The van der Waals surface area contributed by atoms with Crippen molar-refractivity contribution in [3.05, 3.63) is 252 Å². The van der Waals surface area contributed by atoms with Crippen molar-refractivity contribution in [1.82, 2.24) is 0 Å². The van der Waals surface area contributed by atoms with E-state index in [1.807, 2.05) is 12.1 Å². The van der Waals surface area contributed by atoms with Crippen LogP contribution >= 0.6 is 0 Å². The average molecular weight is 1200 g/mol. The Morgan fingerprint density at radius 1 is 0.477 bits per heavy atom. The van der Waals surface area contributed by atoms with E-state index in [9.17, 15) is 76.3 Å². The lowest BCUT2D eigenvalue weighted by molar-refractivity contribution is -0.144. The maximum Gasteiger partial charge on any atom is 0.416 e. The number of allylic oxidation sites excluding steroid dienone is 3. The zero-order valence-electron chi connectivity index (χ0n) is 44.6. The highest BCUT2D eigenvalue weighted by Gasteiger charge is 2.38. The van der Waals surface area contributed by atoms with Crippen LogP contribution in [-0.4, -0.2) is 28.4 Å². The van der Waals surface area contributed by atoms with Gasteiger partial charge in [-0.1, -0.05) is 60.7 Å². The standard InChI is InChI=1S/C36H26F7NO3.C29H20F6O4/c37-29-9-8-25(33(44)19-29)16-30(45)10-5-21-1-3-22(4-2-21)20-47-31-11-12-32-24(17-31)6-7-26(34(32)46)13-23-14-27(35(38,39)40)18-28(15-23)36(41,42)43;30-28(31,32)22-12-19(13-23(15-22)29(33,34)35)11-21-7-6-20-14-24(8-9-25(20)27(21)38)39-16-18-3-1-17(2-4-18)5-10-26(36)37/h1-5,8-15,17-19H,6-7,16,20,44H2;1-5,8-15H,6-7,16H2,(H,36,37)/b10-5+,26-13+;10-5+,21-11+. The molecule has 0 saturated carbocycles. The van der Waals surface area contributed by atoms with Crippen LogP contribution < -0.4 is 15.2 Å². The molecule has 9 rings (SSSR count). The van der Waals surface area contributed by atoms with Crippen molar-refractivity contribution < 1.29 is 90.8 Å². The molecule has 0 unspecified atom stereocenters. The predicted molar refractivity (Wildman–Crippen MR) is 294 cm³/mol. The minimum Gasteiger partial charge on any atom is -0.489 e. The van der Waals surface area contributed by atoms with Gasteiger partial charge in [0.2, 0.25) is 0 Å². The number of carboxylic acid groups (broad SMARTS) is 1. The first-order chi connectivity index (χ1) is 40.4. The van der Waals surface area contributed by atoms with E-state index < -0.39 is 70.3 Å². The van der Waals surface area contributed by atoms with Crippen LogP contribution in [-0.2, 0) is 66.8 Å². The van der Waals surface area contributed by atoms with Gasteiger partial charge in [-0.05, 0) is 185 Å². The number of nitrogen functional groups attached to an aromatic ring is 1. The van der Waals surface area contributed by atoms with Crippen LogP contribution in [0.3, 0.4) is 0 Å². The molecule has 21 heteroatoms. The molecule has 0 saturated heterocycles. The summed E-state index contributed by atoms with van der Waals surface area (Å²) in [5, 5.41) is 8.69. The van der Waals surface area contributed by atoms with Crippen molar-refractivity contribution in [2.24, 2.45) is 0 Å². The third-order valence-electron chi connectivity index (χ3n) is 13.6. The van der Waals surface area contributed by atoms with Gasteiger partial charge in [0.05, 0.1) is 22.3 Å². The molecule has 7 aromatic rings. The second kappa shape index (κ2) is 25.8. The molecule has 0 heterocycles. The molecule has 0 spiro atoms. The van der Waals surface area contributed by atoms with Gasteiger partial charge in [0.1, 0.15) is 30.5 Å². The summed E-state index contributed by atoms with van der Waals surface area (Å²) in [7, 11) is 0. The summed E-state index contributed by atoms with van der Waals surface area (Å²) in [4.78, 5) is 49.0. The molecule has 3 N–H and O–H groups in total. The van der Waals surface area contributed by atoms with Gasteiger partial charge in [0.15, 0.2) is 17.3 Å². The Kier molecular flexibility index (Phi) is 18.7. The first-order valence-electron chi connectivity index (χ1n) is 25.9. The Bertz CT molecular complexity index is 3790. The van der Waals surface area contributed by atoms with Gasteiger partial charge >= 0.3 is 30.7 Å². The number of ketones is 3. The number of Topliss-reactive ketones (excluding diaryl/α,β-unsaturated/α-hetero) is 2. The van der Waals surface area contributed by atoms with Crippen molar-refractivity contribution in [1.29, 1.82) is 0 Å². The van der Waals surface area contributed by atoms with Crippen LogP contribution in [0.4, 0.5) is 62.8 Å². The average Bonchev–Trinajstić information content (AvgIpc) is 1.46. The van der Waals surface area contributed by atoms with E-state index in [1.54, 1.807) is 66.7 Å². The van der Waals surface area contributed by atoms with E-state index in [1.165, 1.54) is 42.5 Å². The number of hydrogen-bond donors (Lipinski definition) is 2. The predicted octanol–water partition coefficient (Wildman–Crippen LogP) is 16.7. The molecule has 86 heavy (non-hydrogen) atoms. The number of aliphatic carboxylic acids is 1. The van der Waals surface area contributed by atoms with Crippen molar-refractivity contribution in [2.75, 3.05) is 5.73 Å².